The Kier molecular flexibility index (Phi) is 4.23. The second-order valence-electron chi connectivity index (χ2n) is 4.70. The van der Waals surface area contributed by atoms with Gasteiger partial charge in [-0.05, 0) is 24.3 Å². The van der Waals surface area contributed by atoms with Crippen LogP contribution in [-0.4, -0.2) is 42.1 Å². The van der Waals surface area contributed by atoms with Crippen molar-refractivity contribution in [2.75, 3.05) is 5.32 Å². The summed E-state index contributed by atoms with van der Waals surface area (Å²) in [6, 6.07) is 8.53. The third-order valence-electron chi connectivity index (χ3n) is 2.94. The Bertz CT molecular complexity index is 865. The van der Waals surface area contributed by atoms with Gasteiger partial charge >= 0.3 is 0 Å². The first kappa shape index (κ1) is 15.3. The summed E-state index contributed by atoms with van der Waals surface area (Å²) in [7, 11) is 0. The van der Waals surface area contributed by atoms with Crippen LogP contribution >= 0.6 is 0 Å². The van der Waals surface area contributed by atoms with Gasteiger partial charge in [-0.3, -0.25) is 19.6 Å². The van der Waals surface area contributed by atoms with Crippen molar-refractivity contribution in [1.29, 1.82) is 0 Å². The van der Waals surface area contributed by atoms with Crippen molar-refractivity contribution >= 4 is 17.4 Å². The van der Waals surface area contributed by atoms with Crippen molar-refractivity contribution in [3.05, 3.63) is 42.7 Å². The summed E-state index contributed by atoms with van der Waals surface area (Å²) in [5.41, 5.74) is 1.40. The van der Waals surface area contributed by atoms with Gasteiger partial charge in [0.1, 0.15) is 11.4 Å². The Labute approximate surface area is 136 Å². The Morgan fingerprint density at radius 1 is 0.875 bits per heavy atom. The zero-order chi connectivity index (χ0) is 16.9. The lowest BCUT2D eigenvalue weighted by atomic mass is 10.3. The van der Waals surface area contributed by atoms with E-state index in [0.29, 0.717) is 22.9 Å². The fourth-order valence-corrected chi connectivity index (χ4v) is 1.75. The SMILES string of the molecule is CC(=O)C(=O)Nc1ccc(-c2nnc(-c3ccccn3)nn2)nc1. The van der Waals surface area contributed by atoms with Gasteiger partial charge in [0.2, 0.25) is 17.4 Å². The second-order valence-corrected chi connectivity index (χ2v) is 4.70. The number of anilines is 1. The van der Waals surface area contributed by atoms with Crippen LogP contribution in [0.15, 0.2) is 42.7 Å². The third kappa shape index (κ3) is 3.40. The number of amides is 1. The maximum Gasteiger partial charge on any atom is 0.291 e. The van der Waals surface area contributed by atoms with E-state index in [1.165, 1.54) is 13.1 Å². The van der Waals surface area contributed by atoms with Crippen LogP contribution in [0.4, 0.5) is 5.69 Å². The highest BCUT2D eigenvalue weighted by Gasteiger charge is 2.10. The molecule has 1 amide bonds. The van der Waals surface area contributed by atoms with Crippen molar-refractivity contribution in [2.45, 2.75) is 6.92 Å². The van der Waals surface area contributed by atoms with E-state index in [-0.39, 0.29) is 5.82 Å². The van der Waals surface area contributed by atoms with Gasteiger partial charge in [-0.2, -0.15) is 0 Å². The molecule has 0 saturated carbocycles. The molecule has 118 valence electrons. The van der Waals surface area contributed by atoms with Gasteiger partial charge < -0.3 is 5.32 Å². The largest absolute Gasteiger partial charge is 0.318 e. The first-order valence-corrected chi connectivity index (χ1v) is 6.90. The Morgan fingerprint density at radius 3 is 2.04 bits per heavy atom. The molecular formula is C15H11N7O2. The molecule has 0 bridgehead atoms. The number of rotatable bonds is 4. The van der Waals surface area contributed by atoms with Crippen molar-refractivity contribution in [1.82, 2.24) is 30.4 Å². The minimum absolute atomic E-state index is 0.235. The van der Waals surface area contributed by atoms with Crippen LogP contribution in [0.2, 0.25) is 0 Å². The molecule has 0 unspecified atom stereocenters. The molecule has 0 fully saturated rings. The minimum Gasteiger partial charge on any atom is -0.318 e. The first-order chi connectivity index (χ1) is 11.6. The fraction of sp³-hybridized carbons (Fsp3) is 0.0667. The highest BCUT2D eigenvalue weighted by molar-refractivity contribution is 6.39. The van der Waals surface area contributed by atoms with E-state index in [0.717, 1.165) is 0 Å². The molecule has 0 radical (unpaired) electrons. The normalized spacial score (nSPS) is 10.2. The van der Waals surface area contributed by atoms with E-state index < -0.39 is 11.7 Å². The van der Waals surface area contributed by atoms with Gasteiger partial charge in [-0.1, -0.05) is 6.07 Å². The zero-order valence-electron chi connectivity index (χ0n) is 12.5. The molecule has 9 nitrogen and oxygen atoms in total. The summed E-state index contributed by atoms with van der Waals surface area (Å²) in [6.07, 6.45) is 3.02. The molecule has 0 atom stereocenters. The van der Waals surface area contributed by atoms with E-state index in [2.05, 4.69) is 35.7 Å². The standard InChI is InChI=1S/C15H11N7O2/c1-9(23)15(24)18-10-5-6-12(17-8-10)14-21-19-13(20-22-14)11-4-2-3-7-16-11/h2-8H,1H3,(H,18,24). The van der Waals surface area contributed by atoms with Crippen molar-refractivity contribution in [3.63, 3.8) is 0 Å². The van der Waals surface area contributed by atoms with Crippen molar-refractivity contribution in [3.8, 4) is 23.0 Å². The van der Waals surface area contributed by atoms with Crippen LogP contribution in [-0.2, 0) is 9.59 Å². The minimum atomic E-state index is -0.705. The van der Waals surface area contributed by atoms with E-state index in [9.17, 15) is 9.59 Å². The molecule has 0 spiro atoms. The number of hydrogen-bond donors (Lipinski definition) is 1. The number of nitrogens with zero attached hydrogens (tertiary/aromatic N) is 6. The molecule has 1 N–H and O–H groups in total. The van der Waals surface area contributed by atoms with Crippen LogP contribution in [0, 0.1) is 0 Å². The number of nitrogens with one attached hydrogen (secondary N) is 1. The molecule has 24 heavy (non-hydrogen) atoms. The molecule has 3 aromatic heterocycles. The summed E-state index contributed by atoms with van der Waals surface area (Å²) < 4.78 is 0. The fourth-order valence-electron chi connectivity index (χ4n) is 1.75. The molecular weight excluding hydrogens is 310 g/mol. The molecule has 0 aliphatic rings. The number of pyridine rings is 2. The van der Waals surface area contributed by atoms with Crippen LogP contribution < -0.4 is 5.32 Å². The van der Waals surface area contributed by atoms with Crippen LogP contribution in [0.25, 0.3) is 23.0 Å². The number of carbonyl (C=O) groups excluding carboxylic acids is 2. The Morgan fingerprint density at radius 2 is 1.54 bits per heavy atom. The molecule has 0 aliphatic carbocycles. The third-order valence-corrected chi connectivity index (χ3v) is 2.94. The predicted molar refractivity (Wildman–Crippen MR) is 83.4 cm³/mol. The average molecular weight is 321 g/mol. The smallest absolute Gasteiger partial charge is 0.291 e. The van der Waals surface area contributed by atoms with E-state index >= 15 is 0 Å². The molecule has 3 rings (SSSR count). The molecule has 0 saturated heterocycles. The highest BCUT2D eigenvalue weighted by Crippen LogP contribution is 2.14. The molecule has 0 aromatic carbocycles. The topological polar surface area (TPSA) is 124 Å². The lowest BCUT2D eigenvalue weighted by Crippen LogP contribution is -2.19. The summed E-state index contributed by atoms with van der Waals surface area (Å²) >= 11 is 0. The van der Waals surface area contributed by atoms with E-state index in [1.54, 1.807) is 30.5 Å². The van der Waals surface area contributed by atoms with Crippen LogP contribution in [0.1, 0.15) is 6.92 Å². The van der Waals surface area contributed by atoms with Crippen LogP contribution in [0.5, 0.6) is 0 Å². The number of carbonyl (C=O) groups is 2. The Balaban J connectivity index is 1.77. The Hall–Kier alpha value is -3.62. The number of hydrogen-bond acceptors (Lipinski definition) is 8. The molecule has 9 heteroatoms. The van der Waals surface area contributed by atoms with Gasteiger partial charge in [-0.25, -0.2) is 0 Å². The maximum absolute atomic E-state index is 11.3. The van der Waals surface area contributed by atoms with Gasteiger partial charge in [0.15, 0.2) is 0 Å². The van der Waals surface area contributed by atoms with E-state index in [1.807, 2.05) is 6.07 Å². The first-order valence-electron chi connectivity index (χ1n) is 6.90. The lowest BCUT2D eigenvalue weighted by Gasteiger charge is -2.03. The van der Waals surface area contributed by atoms with Gasteiger partial charge in [0.25, 0.3) is 5.91 Å². The monoisotopic (exact) mass is 321 g/mol. The maximum atomic E-state index is 11.3. The second kappa shape index (κ2) is 6.65. The predicted octanol–water partition coefficient (Wildman–Crippen LogP) is 0.918. The highest BCUT2D eigenvalue weighted by atomic mass is 16.2. The quantitative estimate of drug-likeness (QED) is 0.703. The van der Waals surface area contributed by atoms with Gasteiger partial charge in [-0.15, -0.1) is 20.4 Å². The zero-order valence-corrected chi connectivity index (χ0v) is 12.5. The molecule has 3 heterocycles. The summed E-state index contributed by atoms with van der Waals surface area (Å²) in [6.45, 7) is 1.19. The molecule has 3 aromatic rings. The lowest BCUT2D eigenvalue weighted by molar-refractivity contribution is -0.133. The summed E-state index contributed by atoms with van der Waals surface area (Å²) in [4.78, 5) is 30.4. The molecule has 0 aliphatic heterocycles. The van der Waals surface area contributed by atoms with Crippen molar-refractivity contribution in [2.24, 2.45) is 0 Å². The number of aromatic nitrogens is 6. The average Bonchev–Trinajstić information content (AvgIpc) is 2.63. The number of ketones is 1. The number of Topliss-reactive ketones (excluding diaryl/α,β-unsaturated/α-hetero) is 1. The van der Waals surface area contributed by atoms with Crippen molar-refractivity contribution < 1.29 is 9.59 Å². The van der Waals surface area contributed by atoms with Crippen LogP contribution in [0.3, 0.4) is 0 Å². The summed E-state index contributed by atoms with van der Waals surface area (Å²) in [5, 5.41) is 18.3. The summed E-state index contributed by atoms with van der Waals surface area (Å²) in [5.74, 6) is -0.742. The van der Waals surface area contributed by atoms with Gasteiger partial charge in [0.05, 0.1) is 11.9 Å². The van der Waals surface area contributed by atoms with E-state index in [4.69, 9.17) is 0 Å². The van der Waals surface area contributed by atoms with Gasteiger partial charge in [0, 0.05) is 13.1 Å².